The third-order valence-corrected chi connectivity index (χ3v) is 20.6. The summed E-state index contributed by atoms with van der Waals surface area (Å²) >= 11 is 0. The zero-order valence-electron chi connectivity index (χ0n) is 50.5. The Balaban J connectivity index is 0.914. The maximum atomic E-state index is 17.2. The van der Waals surface area contributed by atoms with Gasteiger partial charge in [0.2, 0.25) is 0 Å². The number of fused-ring (bicyclic) bond motifs is 24. The number of rotatable bonds is 8. The van der Waals surface area contributed by atoms with Crippen LogP contribution in [0.3, 0.4) is 0 Å². The number of hydrogen-bond acceptors (Lipinski definition) is 4. The number of benzene rings is 14. The van der Waals surface area contributed by atoms with Crippen molar-refractivity contribution in [2.24, 2.45) is 0 Å². The highest BCUT2D eigenvalue weighted by atomic mass is 19.1. The highest BCUT2D eigenvalue weighted by molar-refractivity contribution is 6.21. The Bertz CT molecular complexity index is 5580. The van der Waals surface area contributed by atoms with Gasteiger partial charge in [0.25, 0.3) is 0 Å². The van der Waals surface area contributed by atoms with Crippen molar-refractivity contribution < 1.29 is 17.6 Å². The van der Waals surface area contributed by atoms with E-state index in [9.17, 15) is 0 Å². The number of allylic oxidation sites excluding steroid dienone is 2. The average Bonchev–Trinajstić information content (AvgIpc) is 1.46. The Morgan fingerprint density at radius 2 is 0.585 bits per heavy atom. The van der Waals surface area contributed by atoms with Crippen LogP contribution in [-0.2, 0) is 10.8 Å². The quantitative estimate of drug-likeness (QED) is 0.152. The molecule has 16 aromatic rings. The van der Waals surface area contributed by atoms with Gasteiger partial charge in [0.05, 0.1) is 33.6 Å². The molecule has 0 amide bonds. The topological polar surface area (TPSA) is 32.8 Å². The molecule has 6 heteroatoms. The standard InChI is InChI=1S/C88H52F2N2O2/c89-55-41-45-63-61-27-7-13-33-71(61)87(73(63)49-55)75-51-57(91(77-35-15-9-25-59(77)53-21-3-1-4-22-53)79-37-19-31-67-65-29-11-17-39-81(65)93-85(67)79)43-47-69(75)83-84(87)70-48-44-58(52-76(70)88(83)72-34-14-8-28-62(72)64-46-42-56(90)50-74(64)88)92(78-36-16-10-26-60(78)54-23-5-2-6-24-54)80-38-20-32-68-66-30-12-18-40-82(66)94-86(68)80/h1-52H. The molecule has 2 aromatic heterocycles. The molecule has 440 valence electrons. The van der Waals surface area contributed by atoms with Crippen LogP contribution in [0.1, 0.15) is 44.5 Å². The van der Waals surface area contributed by atoms with Crippen molar-refractivity contribution in [1.29, 1.82) is 0 Å². The second-order valence-corrected chi connectivity index (χ2v) is 25.1. The van der Waals surface area contributed by atoms with Crippen LogP contribution >= 0.6 is 0 Å². The van der Waals surface area contributed by atoms with Gasteiger partial charge in [-0.15, -0.1) is 0 Å². The van der Waals surface area contributed by atoms with E-state index in [-0.39, 0.29) is 11.6 Å². The number of anilines is 6. The smallest absolute Gasteiger partial charge is 0.159 e. The van der Waals surface area contributed by atoms with Gasteiger partial charge in [0.1, 0.15) is 22.8 Å². The Morgan fingerprint density at radius 1 is 0.245 bits per heavy atom. The van der Waals surface area contributed by atoms with Gasteiger partial charge >= 0.3 is 0 Å². The summed E-state index contributed by atoms with van der Waals surface area (Å²) in [6.45, 7) is 0. The minimum Gasteiger partial charge on any atom is -0.454 e. The lowest BCUT2D eigenvalue weighted by atomic mass is 9.66. The van der Waals surface area contributed by atoms with Gasteiger partial charge in [-0.1, -0.05) is 231 Å². The van der Waals surface area contributed by atoms with Gasteiger partial charge in [0, 0.05) is 44.0 Å². The summed E-state index contributed by atoms with van der Waals surface area (Å²) < 4.78 is 48.3. The van der Waals surface area contributed by atoms with E-state index in [1.807, 2.05) is 36.4 Å². The molecular weight excluding hydrogens is 1150 g/mol. The molecule has 94 heavy (non-hydrogen) atoms. The van der Waals surface area contributed by atoms with Gasteiger partial charge < -0.3 is 18.6 Å². The summed E-state index contributed by atoms with van der Waals surface area (Å²) in [5.74, 6) is -0.663. The van der Waals surface area contributed by atoms with Crippen LogP contribution in [-0.4, -0.2) is 0 Å². The van der Waals surface area contributed by atoms with Crippen LogP contribution in [0.4, 0.5) is 42.9 Å². The molecule has 0 aliphatic heterocycles. The molecule has 2 atom stereocenters. The third-order valence-electron chi connectivity index (χ3n) is 20.6. The molecule has 4 aliphatic rings. The number of halogens is 2. The van der Waals surface area contributed by atoms with Crippen molar-refractivity contribution in [3.63, 3.8) is 0 Å². The monoisotopic (exact) mass is 1210 g/mol. The molecule has 2 heterocycles. The second kappa shape index (κ2) is 19.7. The van der Waals surface area contributed by atoms with Crippen LogP contribution < -0.4 is 9.80 Å². The molecule has 0 N–H and O–H groups in total. The van der Waals surface area contributed by atoms with Gasteiger partial charge in [-0.2, -0.15) is 0 Å². The maximum Gasteiger partial charge on any atom is 0.159 e. The summed E-state index contributed by atoms with van der Waals surface area (Å²) in [6, 6.07) is 109. The second-order valence-electron chi connectivity index (χ2n) is 25.1. The third kappa shape index (κ3) is 7.03. The minimum atomic E-state index is -1.13. The summed E-state index contributed by atoms with van der Waals surface area (Å²) in [5.41, 5.74) is 24.2. The first-order valence-electron chi connectivity index (χ1n) is 32.0. The fraction of sp³-hybridized carbons (Fsp3) is 0.0227. The lowest BCUT2D eigenvalue weighted by Crippen LogP contribution is -2.29. The van der Waals surface area contributed by atoms with E-state index in [4.69, 9.17) is 8.83 Å². The molecule has 0 saturated carbocycles. The van der Waals surface area contributed by atoms with Crippen LogP contribution in [0.2, 0.25) is 0 Å². The van der Waals surface area contributed by atoms with Crippen LogP contribution in [0, 0.1) is 11.6 Å². The Morgan fingerprint density at radius 3 is 1.04 bits per heavy atom. The SMILES string of the molecule is Fc1ccc2c(c1)C1(C3=C(c4ccc(N(c5ccccc5-c5ccccc5)c5cccc6c5oc5ccccc56)cc41)C1(c4cc(N(c5ccccc5-c5ccccc5)c5cccc6c5oc5ccccc56)ccc43)c3ccccc3-c3ccc(F)cc31)c1ccccc1-2. The van der Waals surface area contributed by atoms with Crippen LogP contribution in [0.5, 0.6) is 0 Å². The molecule has 0 fully saturated rings. The van der Waals surface area contributed by atoms with Crippen molar-refractivity contribution in [2.45, 2.75) is 10.8 Å². The lowest BCUT2D eigenvalue weighted by molar-refractivity contribution is 0.623. The first-order chi connectivity index (χ1) is 46.5. The Labute approximate surface area is 540 Å². The van der Waals surface area contributed by atoms with Gasteiger partial charge in [-0.05, 0) is 174 Å². The Hall–Kier alpha value is -12.1. The van der Waals surface area contributed by atoms with Gasteiger partial charge in [-0.3, -0.25) is 0 Å². The summed E-state index contributed by atoms with van der Waals surface area (Å²) in [4.78, 5) is 4.71. The normalized spacial score (nSPS) is 16.0. The molecule has 0 bridgehead atoms. The van der Waals surface area contributed by atoms with E-state index in [1.54, 1.807) is 24.3 Å². The van der Waals surface area contributed by atoms with E-state index < -0.39 is 10.8 Å². The Kier molecular flexibility index (Phi) is 11.0. The molecule has 14 aromatic carbocycles. The number of furan rings is 2. The van der Waals surface area contributed by atoms with Gasteiger partial charge in [0.15, 0.2) is 11.2 Å². The van der Waals surface area contributed by atoms with Crippen LogP contribution in [0.25, 0.3) is 99.5 Å². The first kappa shape index (κ1) is 52.6. The van der Waals surface area contributed by atoms with E-state index in [1.165, 1.54) is 0 Å². The van der Waals surface area contributed by atoms with E-state index in [0.717, 1.165) is 178 Å². The molecule has 20 rings (SSSR count). The van der Waals surface area contributed by atoms with Crippen molar-refractivity contribution in [2.75, 3.05) is 9.80 Å². The average molecular weight is 1210 g/mol. The zero-order chi connectivity index (χ0) is 62.0. The molecule has 4 nitrogen and oxygen atoms in total. The lowest BCUT2D eigenvalue weighted by Gasteiger charge is -2.37. The van der Waals surface area contributed by atoms with Crippen LogP contribution in [0.15, 0.2) is 324 Å². The number of nitrogens with zero attached hydrogens (tertiary/aromatic N) is 2. The number of para-hydroxylation sites is 6. The van der Waals surface area contributed by atoms with Crippen molar-refractivity contribution in [3.05, 3.63) is 372 Å². The van der Waals surface area contributed by atoms with E-state index >= 15 is 8.78 Å². The zero-order valence-corrected chi connectivity index (χ0v) is 50.5. The van der Waals surface area contributed by atoms with Gasteiger partial charge in [-0.25, -0.2) is 8.78 Å². The predicted octanol–water partition coefficient (Wildman–Crippen LogP) is 23.6. The summed E-state index contributed by atoms with van der Waals surface area (Å²) in [5, 5.41) is 4.06. The highest BCUT2D eigenvalue weighted by Gasteiger charge is 2.64. The summed E-state index contributed by atoms with van der Waals surface area (Å²) in [7, 11) is 0. The molecule has 2 spiro atoms. The fourth-order valence-electron chi connectivity index (χ4n) is 17.0. The fourth-order valence-corrected chi connectivity index (χ4v) is 17.0. The summed E-state index contributed by atoms with van der Waals surface area (Å²) in [6.07, 6.45) is 0. The van der Waals surface area contributed by atoms with Crippen molar-refractivity contribution >= 4 is 89.1 Å². The largest absolute Gasteiger partial charge is 0.454 e. The molecule has 0 saturated heterocycles. The minimum absolute atomic E-state index is 0.331. The first-order valence-corrected chi connectivity index (χ1v) is 32.0. The molecule has 2 unspecified atom stereocenters. The van der Waals surface area contributed by atoms with Crippen molar-refractivity contribution in [3.8, 4) is 44.5 Å². The molecule has 4 aliphatic carbocycles. The molecular formula is C88H52F2N2O2. The highest BCUT2D eigenvalue weighted by Crippen LogP contribution is 2.75. The molecule has 0 radical (unpaired) electrons. The van der Waals surface area contributed by atoms with E-state index in [2.05, 4.69) is 265 Å². The number of hydrogen-bond donors (Lipinski definition) is 0. The maximum absolute atomic E-state index is 17.2. The van der Waals surface area contributed by atoms with Crippen molar-refractivity contribution in [1.82, 2.24) is 0 Å². The van der Waals surface area contributed by atoms with E-state index in [0.29, 0.717) is 0 Å². The predicted molar refractivity (Wildman–Crippen MR) is 378 cm³/mol.